The maximum absolute atomic E-state index is 4.46. The van der Waals surface area contributed by atoms with Crippen LogP contribution in [0.1, 0.15) is 30.9 Å². The normalized spacial score (nSPS) is 11.1. The van der Waals surface area contributed by atoms with Crippen LogP contribution in [0.25, 0.3) is 10.9 Å². The second-order valence-electron chi connectivity index (χ2n) is 4.12. The minimum absolute atomic E-state index is 0.549. The van der Waals surface area contributed by atoms with Crippen molar-refractivity contribution in [1.29, 1.82) is 0 Å². The molecule has 0 aliphatic heterocycles. The van der Waals surface area contributed by atoms with Gasteiger partial charge in [0.05, 0.1) is 5.52 Å². The average Bonchev–Trinajstić information content (AvgIpc) is 2.16. The van der Waals surface area contributed by atoms with Crippen LogP contribution < -0.4 is 0 Å². The molecule has 1 heteroatoms. The molecule has 1 aromatic carbocycles. The highest BCUT2D eigenvalue weighted by Gasteiger charge is 2.01. The van der Waals surface area contributed by atoms with E-state index in [1.165, 1.54) is 16.5 Å². The molecule has 0 fully saturated rings. The molecule has 1 heterocycles. The van der Waals surface area contributed by atoms with E-state index in [9.17, 15) is 0 Å². The monoisotopic (exact) mass is 185 g/mol. The van der Waals surface area contributed by atoms with Gasteiger partial charge in [-0.25, -0.2) is 0 Å². The summed E-state index contributed by atoms with van der Waals surface area (Å²) >= 11 is 0. The van der Waals surface area contributed by atoms with Gasteiger partial charge in [-0.3, -0.25) is 4.98 Å². The number of hydrogen-bond donors (Lipinski definition) is 0. The molecule has 14 heavy (non-hydrogen) atoms. The van der Waals surface area contributed by atoms with E-state index >= 15 is 0 Å². The molecule has 72 valence electrons. The van der Waals surface area contributed by atoms with Crippen molar-refractivity contribution in [3.63, 3.8) is 0 Å². The van der Waals surface area contributed by atoms with E-state index in [-0.39, 0.29) is 0 Å². The minimum Gasteiger partial charge on any atom is -0.256 e. The van der Waals surface area contributed by atoms with Gasteiger partial charge in [0.2, 0.25) is 0 Å². The highest BCUT2D eigenvalue weighted by Crippen LogP contribution is 2.19. The summed E-state index contributed by atoms with van der Waals surface area (Å²) < 4.78 is 0. The van der Waals surface area contributed by atoms with Crippen LogP contribution in [0.2, 0.25) is 0 Å². The number of nitrogens with zero attached hydrogens (tertiary/aromatic N) is 1. The number of hydrogen-bond acceptors (Lipinski definition) is 1. The molecular formula is C13H15N. The molecule has 0 aliphatic carbocycles. The van der Waals surface area contributed by atoms with Crippen molar-refractivity contribution in [1.82, 2.24) is 4.98 Å². The topological polar surface area (TPSA) is 12.9 Å². The summed E-state index contributed by atoms with van der Waals surface area (Å²) in [6.07, 6.45) is 1.98. The molecule has 1 aromatic heterocycles. The molecule has 2 rings (SSSR count). The second-order valence-corrected chi connectivity index (χ2v) is 4.12. The lowest BCUT2D eigenvalue weighted by atomic mass is 10.0. The van der Waals surface area contributed by atoms with Gasteiger partial charge in [0, 0.05) is 11.6 Å². The standard InChI is InChI=1S/C13H15N/c1-9(2)12-7-11-5-4-10(3)6-13(11)14-8-12/h4-9H,1-3H3. The smallest absolute Gasteiger partial charge is 0.0704 e. The molecule has 0 N–H and O–H groups in total. The Labute approximate surface area is 84.8 Å². The van der Waals surface area contributed by atoms with E-state index < -0.39 is 0 Å². The lowest BCUT2D eigenvalue weighted by Crippen LogP contribution is -1.89. The summed E-state index contributed by atoms with van der Waals surface area (Å²) in [6, 6.07) is 8.63. The Morgan fingerprint density at radius 1 is 1.14 bits per heavy atom. The zero-order chi connectivity index (χ0) is 10.1. The summed E-state index contributed by atoms with van der Waals surface area (Å²) in [5, 5.41) is 1.24. The molecule has 0 atom stereocenters. The highest BCUT2D eigenvalue weighted by molar-refractivity contribution is 5.79. The Hall–Kier alpha value is -1.37. The predicted octanol–water partition coefficient (Wildman–Crippen LogP) is 3.67. The zero-order valence-corrected chi connectivity index (χ0v) is 8.91. The Kier molecular flexibility index (Phi) is 2.24. The molecule has 0 saturated heterocycles. The fourth-order valence-corrected chi connectivity index (χ4v) is 1.56. The Bertz CT molecular complexity index is 458. The van der Waals surface area contributed by atoms with E-state index in [4.69, 9.17) is 0 Å². The van der Waals surface area contributed by atoms with E-state index in [1.807, 2.05) is 6.20 Å². The van der Waals surface area contributed by atoms with Crippen molar-refractivity contribution in [3.05, 3.63) is 41.6 Å². The summed E-state index contributed by atoms with van der Waals surface area (Å²) in [5.41, 5.74) is 3.66. The van der Waals surface area contributed by atoms with Crippen molar-refractivity contribution in [3.8, 4) is 0 Å². The minimum atomic E-state index is 0.549. The fraction of sp³-hybridized carbons (Fsp3) is 0.308. The van der Waals surface area contributed by atoms with E-state index in [0.717, 1.165) is 5.52 Å². The summed E-state index contributed by atoms with van der Waals surface area (Å²) in [4.78, 5) is 4.46. The largest absolute Gasteiger partial charge is 0.256 e. The van der Waals surface area contributed by atoms with Gasteiger partial charge >= 0.3 is 0 Å². The van der Waals surface area contributed by atoms with Gasteiger partial charge in [0.15, 0.2) is 0 Å². The third kappa shape index (κ3) is 1.63. The Balaban J connectivity index is 2.62. The van der Waals surface area contributed by atoms with Gasteiger partial charge in [-0.05, 0) is 36.1 Å². The van der Waals surface area contributed by atoms with Gasteiger partial charge in [-0.15, -0.1) is 0 Å². The number of benzene rings is 1. The van der Waals surface area contributed by atoms with Crippen LogP contribution >= 0.6 is 0 Å². The van der Waals surface area contributed by atoms with Crippen LogP contribution in [-0.4, -0.2) is 4.98 Å². The van der Waals surface area contributed by atoms with Gasteiger partial charge in [-0.2, -0.15) is 0 Å². The maximum atomic E-state index is 4.46. The predicted molar refractivity (Wildman–Crippen MR) is 60.6 cm³/mol. The van der Waals surface area contributed by atoms with Gasteiger partial charge in [0.25, 0.3) is 0 Å². The van der Waals surface area contributed by atoms with Crippen molar-refractivity contribution in [2.24, 2.45) is 0 Å². The molecule has 2 aromatic rings. The quantitative estimate of drug-likeness (QED) is 0.660. The third-order valence-corrected chi connectivity index (χ3v) is 2.53. The first-order valence-corrected chi connectivity index (χ1v) is 5.03. The van der Waals surface area contributed by atoms with Crippen molar-refractivity contribution in [2.45, 2.75) is 26.7 Å². The Morgan fingerprint density at radius 3 is 2.64 bits per heavy atom. The summed E-state index contributed by atoms with van der Waals surface area (Å²) in [5.74, 6) is 0.549. The van der Waals surface area contributed by atoms with Crippen LogP contribution in [0.4, 0.5) is 0 Å². The van der Waals surface area contributed by atoms with Crippen LogP contribution in [0, 0.1) is 6.92 Å². The SMILES string of the molecule is Cc1ccc2cc(C(C)C)cnc2c1. The lowest BCUT2D eigenvalue weighted by Gasteiger charge is -2.06. The van der Waals surface area contributed by atoms with Crippen LogP contribution in [0.5, 0.6) is 0 Å². The first-order valence-electron chi connectivity index (χ1n) is 5.03. The first kappa shape index (κ1) is 9.20. The third-order valence-electron chi connectivity index (χ3n) is 2.53. The van der Waals surface area contributed by atoms with Gasteiger partial charge in [-0.1, -0.05) is 26.0 Å². The van der Waals surface area contributed by atoms with Crippen molar-refractivity contribution in [2.75, 3.05) is 0 Å². The van der Waals surface area contributed by atoms with Gasteiger partial charge in [0.1, 0.15) is 0 Å². The van der Waals surface area contributed by atoms with Crippen LogP contribution in [0.3, 0.4) is 0 Å². The van der Waals surface area contributed by atoms with E-state index in [0.29, 0.717) is 5.92 Å². The molecule has 0 amide bonds. The number of aryl methyl sites for hydroxylation is 1. The number of fused-ring (bicyclic) bond motifs is 1. The molecule has 0 unspecified atom stereocenters. The maximum Gasteiger partial charge on any atom is 0.0704 e. The lowest BCUT2D eigenvalue weighted by molar-refractivity contribution is 0.862. The second kappa shape index (κ2) is 3.41. The fourth-order valence-electron chi connectivity index (χ4n) is 1.56. The zero-order valence-electron chi connectivity index (χ0n) is 8.91. The Morgan fingerprint density at radius 2 is 1.93 bits per heavy atom. The number of pyridine rings is 1. The van der Waals surface area contributed by atoms with Crippen molar-refractivity contribution < 1.29 is 0 Å². The number of aromatic nitrogens is 1. The van der Waals surface area contributed by atoms with Crippen LogP contribution in [-0.2, 0) is 0 Å². The molecular weight excluding hydrogens is 170 g/mol. The molecule has 0 aliphatic rings. The molecule has 0 saturated carbocycles. The summed E-state index contributed by atoms with van der Waals surface area (Å²) in [7, 11) is 0. The van der Waals surface area contributed by atoms with Crippen LogP contribution in [0.15, 0.2) is 30.5 Å². The van der Waals surface area contributed by atoms with Gasteiger partial charge < -0.3 is 0 Å². The molecule has 0 bridgehead atoms. The molecule has 1 nitrogen and oxygen atoms in total. The van der Waals surface area contributed by atoms with E-state index in [2.05, 4.69) is 50.0 Å². The number of rotatable bonds is 1. The summed E-state index contributed by atoms with van der Waals surface area (Å²) in [6.45, 7) is 6.48. The average molecular weight is 185 g/mol. The van der Waals surface area contributed by atoms with Crippen molar-refractivity contribution >= 4 is 10.9 Å². The van der Waals surface area contributed by atoms with E-state index in [1.54, 1.807) is 0 Å². The highest BCUT2D eigenvalue weighted by atomic mass is 14.6. The first-order chi connectivity index (χ1) is 6.66. The molecule has 0 spiro atoms. The molecule has 0 radical (unpaired) electrons.